The van der Waals surface area contributed by atoms with Crippen LogP contribution in [0.5, 0.6) is 0 Å². The van der Waals surface area contributed by atoms with Crippen LogP contribution in [0, 0.1) is 0 Å². The zero-order chi connectivity index (χ0) is 16.9. The number of morpholine rings is 1. The van der Waals surface area contributed by atoms with Crippen molar-refractivity contribution in [1.29, 1.82) is 0 Å². The highest BCUT2D eigenvalue weighted by Gasteiger charge is 2.13. The molecule has 2 aliphatic rings. The van der Waals surface area contributed by atoms with Crippen molar-refractivity contribution in [3.05, 3.63) is 36.5 Å². The second-order valence-corrected chi connectivity index (χ2v) is 6.56. The minimum absolute atomic E-state index is 0.634. The number of benzene rings is 1. The van der Waals surface area contributed by atoms with Crippen LogP contribution in [0.25, 0.3) is 0 Å². The Hall–Kier alpha value is -2.34. The van der Waals surface area contributed by atoms with Crippen molar-refractivity contribution in [2.24, 2.45) is 0 Å². The first-order valence-electron chi connectivity index (χ1n) is 9.16. The lowest BCUT2D eigenvalue weighted by Crippen LogP contribution is -2.36. The molecule has 0 saturated carbocycles. The summed E-state index contributed by atoms with van der Waals surface area (Å²) < 4.78 is 5.40. The average molecular weight is 339 g/mol. The van der Waals surface area contributed by atoms with Crippen LogP contribution in [0.1, 0.15) is 19.3 Å². The van der Waals surface area contributed by atoms with Gasteiger partial charge in [0.25, 0.3) is 0 Å². The van der Waals surface area contributed by atoms with E-state index in [1.807, 2.05) is 12.3 Å². The topological polar surface area (TPSA) is 53.5 Å². The molecule has 0 radical (unpaired) electrons. The molecular formula is C19H25N5O. The van der Waals surface area contributed by atoms with Crippen LogP contribution in [0.15, 0.2) is 36.5 Å². The van der Waals surface area contributed by atoms with Gasteiger partial charge in [0.05, 0.1) is 13.2 Å². The third-order valence-corrected chi connectivity index (χ3v) is 4.82. The Balaban J connectivity index is 1.43. The maximum atomic E-state index is 5.40. The third kappa shape index (κ3) is 4.02. The number of anilines is 4. The summed E-state index contributed by atoms with van der Waals surface area (Å²) in [4.78, 5) is 13.7. The van der Waals surface area contributed by atoms with Crippen LogP contribution in [0.2, 0.25) is 0 Å². The Labute approximate surface area is 148 Å². The standard InChI is InChI=1S/C19H25N5O/c1-2-10-23(11-3-1)17-6-4-16(5-7-17)21-19-20-9-8-18(22-19)24-12-14-25-15-13-24/h4-9H,1-3,10-15H2,(H,20,21,22). The van der Waals surface area contributed by atoms with E-state index in [0.29, 0.717) is 5.95 Å². The zero-order valence-corrected chi connectivity index (χ0v) is 14.5. The fourth-order valence-corrected chi connectivity index (χ4v) is 3.41. The van der Waals surface area contributed by atoms with Gasteiger partial charge in [-0.15, -0.1) is 0 Å². The number of hydrogen-bond acceptors (Lipinski definition) is 6. The van der Waals surface area contributed by atoms with Crippen LogP contribution in [-0.4, -0.2) is 49.4 Å². The van der Waals surface area contributed by atoms with E-state index in [0.717, 1.165) is 50.9 Å². The summed E-state index contributed by atoms with van der Waals surface area (Å²) in [7, 11) is 0. The van der Waals surface area contributed by atoms with E-state index in [2.05, 4.69) is 49.4 Å². The molecule has 2 aromatic rings. The molecule has 0 amide bonds. The summed E-state index contributed by atoms with van der Waals surface area (Å²) in [6.07, 6.45) is 5.75. The molecular weight excluding hydrogens is 314 g/mol. The summed E-state index contributed by atoms with van der Waals surface area (Å²) in [5.74, 6) is 1.58. The Morgan fingerprint density at radius 2 is 1.60 bits per heavy atom. The molecule has 0 spiro atoms. The van der Waals surface area contributed by atoms with E-state index in [1.165, 1.54) is 24.9 Å². The van der Waals surface area contributed by atoms with Gasteiger partial charge in [0.2, 0.25) is 5.95 Å². The lowest BCUT2D eigenvalue weighted by Gasteiger charge is -2.29. The smallest absolute Gasteiger partial charge is 0.229 e. The Bertz CT molecular complexity index is 678. The summed E-state index contributed by atoms with van der Waals surface area (Å²) in [5, 5.41) is 3.31. The van der Waals surface area contributed by atoms with Gasteiger partial charge in [-0.1, -0.05) is 0 Å². The predicted molar refractivity (Wildman–Crippen MR) is 101 cm³/mol. The van der Waals surface area contributed by atoms with E-state index in [4.69, 9.17) is 4.74 Å². The van der Waals surface area contributed by atoms with Gasteiger partial charge in [-0.3, -0.25) is 0 Å². The lowest BCUT2D eigenvalue weighted by molar-refractivity contribution is 0.122. The molecule has 6 nitrogen and oxygen atoms in total. The Morgan fingerprint density at radius 1 is 0.840 bits per heavy atom. The molecule has 6 heteroatoms. The second-order valence-electron chi connectivity index (χ2n) is 6.56. The molecule has 0 unspecified atom stereocenters. The van der Waals surface area contributed by atoms with Gasteiger partial charge < -0.3 is 19.9 Å². The maximum Gasteiger partial charge on any atom is 0.229 e. The molecule has 0 aliphatic carbocycles. The molecule has 0 atom stereocenters. The highest BCUT2D eigenvalue weighted by atomic mass is 16.5. The number of aromatic nitrogens is 2. The van der Waals surface area contributed by atoms with Gasteiger partial charge in [-0.25, -0.2) is 4.98 Å². The number of ether oxygens (including phenoxy) is 1. The van der Waals surface area contributed by atoms with Gasteiger partial charge in [-0.2, -0.15) is 4.98 Å². The summed E-state index contributed by atoms with van der Waals surface area (Å²) in [6, 6.07) is 10.5. The molecule has 1 aromatic heterocycles. The Morgan fingerprint density at radius 3 is 2.36 bits per heavy atom. The molecule has 2 fully saturated rings. The molecule has 25 heavy (non-hydrogen) atoms. The minimum atomic E-state index is 0.634. The molecule has 3 heterocycles. The summed E-state index contributed by atoms with van der Waals surface area (Å²) in [6.45, 7) is 5.59. The van der Waals surface area contributed by atoms with Crippen LogP contribution in [0.3, 0.4) is 0 Å². The van der Waals surface area contributed by atoms with Gasteiger partial charge in [0.1, 0.15) is 5.82 Å². The summed E-state index contributed by atoms with van der Waals surface area (Å²) in [5.41, 5.74) is 2.31. The van der Waals surface area contributed by atoms with Crippen molar-refractivity contribution >= 4 is 23.1 Å². The molecule has 2 saturated heterocycles. The first-order chi connectivity index (χ1) is 12.4. The second kappa shape index (κ2) is 7.70. The third-order valence-electron chi connectivity index (χ3n) is 4.82. The van der Waals surface area contributed by atoms with Gasteiger partial charge in [-0.05, 0) is 49.6 Å². The fraction of sp³-hybridized carbons (Fsp3) is 0.474. The van der Waals surface area contributed by atoms with Crippen molar-refractivity contribution in [2.75, 3.05) is 54.5 Å². The fourth-order valence-electron chi connectivity index (χ4n) is 3.41. The van der Waals surface area contributed by atoms with E-state index in [9.17, 15) is 0 Å². The van der Waals surface area contributed by atoms with Gasteiger partial charge in [0.15, 0.2) is 0 Å². The predicted octanol–water partition coefficient (Wildman–Crippen LogP) is 3.05. The highest BCUT2D eigenvalue weighted by Crippen LogP contribution is 2.23. The van der Waals surface area contributed by atoms with Crippen molar-refractivity contribution < 1.29 is 4.74 Å². The van der Waals surface area contributed by atoms with Crippen LogP contribution in [-0.2, 0) is 4.74 Å². The molecule has 0 bridgehead atoms. The quantitative estimate of drug-likeness (QED) is 0.924. The van der Waals surface area contributed by atoms with E-state index in [-0.39, 0.29) is 0 Å². The highest BCUT2D eigenvalue weighted by molar-refractivity contribution is 5.60. The average Bonchev–Trinajstić information content (AvgIpc) is 2.70. The van der Waals surface area contributed by atoms with E-state index < -0.39 is 0 Å². The number of nitrogens with one attached hydrogen (secondary N) is 1. The van der Waals surface area contributed by atoms with Crippen LogP contribution < -0.4 is 15.1 Å². The first-order valence-corrected chi connectivity index (χ1v) is 9.16. The number of hydrogen-bond donors (Lipinski definition) is 1. The zero-order valence-electron chi connectivity index (χ0n) is 14.5. The normalized spacial score (nSPS) is 18.2. The first kappa shape index (κ1) is 16.1. The minimum Gasteiger partial charge on any atom is -0.378 e. The van der Waals surface area contributed by atoms with Crippen LogP contribution in [0.4, 0.5) is 23.1 Å². The van der Waals surface area contributed by atoms with Crippen molar-refractivity contribution in [3.63, 3.8) is 0 Å². The van der Waals surface area contributed by atoms with E-state index in [1.54, 1.807) is 0 Å². The largest absolute Gasteiger partial charge is 0.378 e. The molecule has 2 aliphatic heterocycles. The number of nitrogens with zero attached hydrogens (tertiary/aromatic N) is 4. The number of piperidine rings is 1. The maximum absolute atomic E-state index is 5.40. The monoisotopic (exact) mass is 339 g/mol. The molecule has 4 rings (SSSR count). The number of rotatable bonds is 4. The molecule has 1 N–H and O–H groups in total. The lowest BCUT2D eigenvalue weighted by atomic mass is 10.1. The van der Waals surface area contributed by atoms with Gasteiger partial charge >= 0.3 is 0 Å². The summed E-state index contributed by atoms with van der Waals surface area (Å²) >= 11 is 0. The van der Waals surface area contributed by atoms with Crippen molar-refractivity contribution in [1.82, 2.24) is 9.97 Å². The van der Waals surface area contributed by atoms with E-state index >= 15 is 0 Å². The van der Waals surface area contributed by atoms with Crippen LogP contribution >= 0.6 is 0 Å². The SMILES string of the molecule is c1cc(N2CCOCC2)nc(Nc2ccc(N3CCCCC3)cc2)n1. The van der Waals surface area contributed by atoms with Crippen molar-refractivity contribution in [3.8, 4) is 0 Å². The van der Waals surface area contributed by atoms with Crippen molar-refractivity contribution in [2.45, 2.75) is 19.3 Å². The Kier molecular flexibility index (Phi) is 4.97. The molecule has 1 aromatic carbocycles. The molecule has 132 valence electrons. The van der Waals surface area contributed by atoms with Gasteiger partial charge in [0, 0.05) is 43.8 Å².